The molecule has 5 nitrogen and oxygen atoms in total. The number of anilines is 1. The summed E-state index contributed by atoms with van der Waals surface area (Å²) >= 11 is 0. The SMILES string of the molecule is CCC(=O)c1ccc(OCCC(=O)N2CCC(C)CC2)c(N)c1. The van der Waals surface area contributed by atoms with Crippen molar-refractivity contribution < 1.29 is 14.3 Å². The second kappa shape index (κ2) is 7.99. The van der Waals surface area contributed by atoms with Crippen LogP contribution < -0.4 is 10.5 Å². The minimum absolute atomic E-state index is 0.0535. The van der Waals surface area contributed by atoms with Gasteiger partial charge in [0.2, 0.25) is 5.91 Å². The first-order valence-electron chi connectivity index (χ1n) is 8.34. The first-order chi connectivity index (χ1) is 11.0. The third kappa shape index (κ3) is 4.71. The van der Waals surface area contributed by atoms with Crippen molar-refractivity contribution in [1.29, 1.82) is 0 Å². The lowest BCUT2D eigenvalue weighted by molar-refractivity contribution is -0.133. The second-order valence-corrected chi connectivity index (χ2v) is 6.19. The summed E-state index contributed by atoms with van der Waals surface area (Å²) in [6, 6.07) is 5.05. The van der Waals surface area contributed by atoms with Gasteiger partial charge in [-0.25, -0.2) is 0 Å². The lowest BCUT2D eigenvalue weighted by atomic mass is 9.99. The predicted molar refractivity (Wildman–Crippen MR) is 90.6 cm³/mol. The molecule has 0 spiro atoms. The van der Waals surface area contributed by atoms with E-state index >= 15 is 0 Å². The van der Waals surface area contributed by atoms with Gasteiger partial charge in [0.15, 0.2) is 5.78 Å². The first-order valence-corrected chi connectivity index (χ1v) is 8.34. The van der Waals surface area contributed by atoms with E-state index in [-0.39, 0.29) is 11.7 Å². The Hall–Kier alpha value is -2.04. The molecular formula is C18H26N2O3. The van der Waals surface area contributed by atoms with E-state index in [4.69, 9.17) is 10.5 Å². The molecule has 2 rings (SSSR count). The Balaban J connectivity index is 1.82. The maximum atomic E-state index is 12.1. The Morgan fingerprint density at radius 1 is 1.30 bits per heavy atom. The highest BCUT2D eigenvalue weighted by atomic mass is 16.5. The maximum absolute atomic E-state index is 12.1. The van der Waals surface area contributed by atoms with Crippen LogP contribution in [0.2, 0.25) is 0 Å². The maximum Gasteiger partial charge on any atom is 0.225 e. The van der Waals surface area contributed by atoms with E-state index < -0.39 is 0 Å². The number of benzene rings is 1. The first kappa shape index (κ1) is 17.3. The summed E-state index contributed by atoms with van der Waals surface area (Å²) in [4.78, 5) is 25.7. The summed E-state index contributed by atoms with van der Waals surface area (Å²) in [5, 5.41) is 0. The fourth-order valence-corrected chi connectivity index (χ4v) is 2.72. The van der Waals surface area contributed by atoms with E-state index in [1.165, 1.54) is 0 Å². The number of nitrogen functional groups attached to an aromatic ring is 1. The number of carbonyl (C=O) groups is 2. The molecule has 0 aliphatic carbocycles. The van der Waals surface area contributed by atoms with Crippen LogP contribution in [-0.4, -0.2) is 36.3 Å². The number of amides is 1. The number of Topliss-reactive ketones (excluding diaryl/α,β-unsaturated/α-hetero) is 1. The largest absolute Gasteiger partial charge is 0.491 e. The highest BCUT2D eigenvalue weighted by Crippen LogP contribution is 2.23. The molecule has 1 saturated heterocycles. The van der Waals surface area contributed by atoms with Crippen LogP contribution >= 0.6 is 0 Å². The van der Waals surface area contributed by atoms with Crippen molar-refractivity contribution in [2.45, 2.75) is 39.5 Å². The van der Waals surface area contributed by atoms with Gasteiger partial charge in [-0.15, -0.1) is 0 Å². The number of likely N-dealkylation sites (tertiary alicyclic amines) is 1. The van der Waals surface area contributed by atoms with Gasteiger partial charge in [0.05, 0.1) is 18.7 Å². The molecule has 1 aliphatic heterocycles. The molecule has 23 heavy (non-hydrogen) atoms. The number of piperidine rings is 1. The van der Waals surface area contributed by atoms with Crippen LogP contribution in [0.25, 0.3) is 0 Å². The average molecular weight is 318 g/mol. The molecule has 126 valence electrons. The van der Waals surface area contributed by atoms with Crippen molar-refractivity contribution in [2.24, 2.45) is 5.92 Å². The van der Waals surface area contributed by atoms with E-state index in [0.717, 1.165) is 25.9 Å². The molecule has 0 bridgehead atoms. The third-order valence-corrected chi connectivity index (χ3v) is 4.36. The third-order valence-electron chi connectivity index (χ3n) is 4.36. The summed E-state index contributed by atoms with van der Waals surface area (Å²) in [6.45, 7) is 6.03. The molecular weight excluding hydrogens is 292 g/mol. The number of nitrogens with zero attached hydrogens (tertiary/aromatic N) is 1. The van der Waals surface area contributed by atoms with Crippen LogP contribution in [0.5, 0.6) is 5.75 Å². The summed E-state index contributed by atoms with van der Waals surface area (Å²) in [6.07, 6.45) is 2.95. The van der Waals surface area contributed by atoms with Gasteiger partial charge in [0, 0.05) is 25.1 Å². The fraction of sp³-hybridized carbons (Fsp3) is 0.556. The summed E-state index contributed by atoms with van der Waals surface area (Å²) < 4.78 is 5.60. The van der Waals surface area contributed by atoms with Crippen molar-refractivity contribution in [3.8, 4) is 5.75 Å². The average Bonchev–Trinajstić information content (AvgIpc) is 2.56. The lowest BCUT2D eigenvalue weighted by Gasteiger charge is -2.30. The Bertz CT molecular complexity index is 563. The monoisotopic (exact) mass is 318 g/mol. The number of ether oxygens (including phenoxy) is 1. The smallest absolute Gasteiger partial charge is 0.225 e. The Kier molecular flexibility index (Phi) is 6.02. The van der Waals surface area contributed by atoms with Gasteiger partial charge in [-0.2, -0.15) is 0 Å². The van der Waals surface area contributed by atoms with Crippen LogP contribution in [-0.2, 0) is 4.79 Å². The van der Waals surface area contributed by atoms with Crippen molar-refractivity contribution in [1.82, 2.24) is 4.90 Å². The molecule has 1 heterocycles. The highest BCUT2D eigenvalue weighted by Gasteiger charge is 2.20. The van der Waals surface area contributed by atoms with E-state index in [9.17, 15) is 9.59 Å². The van der Waals surface area contributed by atoms with Gasteiger partial charge in [0.25, 0.3) is 0 Å². The zero-order chi connectivity index (χ0) is 16.8. The van der Waals surface area contributed by atoms with Gasteiger partial charge in [-0.3, -0.25) is 9.59 Å². The zero-order valence-corrected chi connectivity index (χ0v) is 14.0. The molecule has 1 aromatic carbocycles. The van der Waals surface area contributed by atoms with Crippen molar-refractivity contribution in [3.05, 3.63) is 23.8 Å². The van der Waals surface area contributed by atoms with Crippen molar-refractivity contribution in [3.63, 3.8) is 0 Å². The second-order valence-electron chi connectivity index (χ2n) is 6.19. The minimum atomic E-state index is 0.0535. The quantitative estimate of drug-likeness (QED) is 0.646. The number of hydrogen-bond acceptors (Lipinski definition) is 4. The molecule has 0 radical (unpaired) electrons. The number of nitrogens with two attached hydrogens (primary N) is 1. The van der Waals surface area contributed by atoms with Crippen molar-refractivity contribution in [2.75, 3.05) is 25.4 Å². The molecule has 5 heteroatoms. The summed E-state index contributed by atoms with van der Waals surface area (Å²) in [5.74, 6) is 1.42. The molecule has 0 aromatic heterocycles. The standard InChI is InChI=1S/C18H26N2O3/c1-3-16(21)14-4-5-17(15(19)12-14)23-11-8-18(22)20-9-6-13(2)7-10-20/h4-5,12-13H,3,6-11,19H2,1-2H3. The minimum Gasteiger partial charge on any atom is -0.491 e. The van der Waals surface area contributed by atoms with Crippen LogP contribution in [0.4, 0.5) is 5.69 Å². The Morgan fingerprint density at radius 3 is 2.61 bits per heavy atom. The number of ketones is 1. The van der Waals surface area contributed by atoms with Crippen molar-refractivity contribution >= 4 is 17.4 Å². The topological polar surface area (TPSA) is 72.6 Å². The van der Waals surface area contributed by atoms with E-state index in [1.807, 2.05) is 11.8 Å². The lowest BCUT2D eigenvalue weighted by Crippen LogP contribution is -2.38. The number of rotatable bonds is 6. The summed E-state index contributed by atoms with van der Waals surface area (Å²) in [7, 11) is 0. The molecule has 1 fully saturated rings. The van der Waals surface area contributed by atoms with Crippen LogP contribution in [0, 0.1) is 5.92 Å². The molecule has 0 atom stereocenters. The van der Waals surface area contributed by atoms with Crippen LogP contribution in [0.15, 0.2) is 18.2 Å². The molecule has 1 aliphatic rings. The van der Waals surface area contributed by atoms with Crippen LogP contribution in [0.1, 0.15) is 49.9 Å². The number of hydrogen-bond donors (Lipinski definition) is 1. The molecule has 0 saturated carbocycles. The molecule has 1 aromatic rings. The van der Waals surface area contributed by atoms with E-state index in [0.29, 0.717) is 42.4 Å². The van der Waals surface area contributed by atoms with E-state index in [1.54, 1.807) is 18.2 Å². The zero-order valence-electron chi connectivity index (χ0n) is 14.0. The van der Waals surface area contributed by atoms with Gasteiger partial charge in [-0.1, -0.05) is 13.8 Å². The normalized spacial score (nSPS) is 15.5. The molecule has 1 amide bonds. The van der Waals surface area contributed by atoms with Gasteiger partial charge >= 0.3 is 0 Å². The fourth-order valence-electron chi connectivity index (χ4n) is 2.72. The number of carbonyl (C=O) groups excluding carboxylic acids is 2. The molecule has 0 unspecified atom stereocenters. The van der Waals surface area contributed by atoms with Crippen LogP contribution in [0.3, 0.4) is 0 Å². The van der Waals surface area contributed by atoms with Gasteiger partial charge in [-0.05, 0) is 37.0 Å². The molecule has 2 N–H and O–H groups in total. The predicted octanol–water partition coefficient (Wildman–Crippen LogP) is 2.89. The Labute approximate surface area is 137 Å². The van der Waals surface area contributed by atoms with Gasteiger partial charge in [0.1, 0.15) is 5.75 Å². The summed E-state index contributed by atoms with van der Waals surface area (Å²) in [5.41, 5.74) is 6.94. The van der Waals surface area contributed by atoms with E-state index in [2.05, 4.69) is 6.92 Å². The van der Waals surface area contributed by atoms with Gasteiger partial charge < -0.3 is 15.4 Å². The highest BCUT2D eigenvalue weighted by molar-refractivity contribution is 5.97. The Morgan fingerprint density at radius 2 is 2.00 bits per heavy atom.